The standard InChI is InChI=1S/C16H9FN2O/c1-2-10-11(7-5-8-13(10)17)15-18-14-9-4-3-6-12(14)16(20)19-15/h1,3-9H,(H,18,19,20). The minimum absolute atomic E-state index is 0.0888. The van der Waals surface area contributed by atoms with E-state index in [2.05, 4.69) is 15.9 Å². The van der Waals surface area contributed by atoms with Crippen molar-refractivity contribution < 1.29 is 4.39 Å². The molecular weight excluding hydrogens is 255 g/mol. The zero-order chi connectivity index (χ0) is 14.1. The average Bonchev–Trinajstić information content (AvgIpc) is 2.47. The summed E-state index contributed by atoms with van der Waals surface area (Å²) in [6.07, 6.45) is 5.33. The Bertz CT molecular complexity index is 906. The molecule has 96 valence electrons. The van der Waals surface area contributed by atoms with Crippen molar-refractivity contribution >= 4 is 10.9 Å². The molecule has 0 bridgehead atoms. The van der Waals surface area contributed by atoms with E-state index in [1.165, 1.54) is 12.1 Å². The van der Waals surface area contributed by atoms with Crippen LogP contribution in [-0.4, -0.2) is 9.97 Å². The van der Waals surface area contributed by atoms with Gasteiger partial charge in [-0.05, 0) is 24.3 Å². The first kappa shape index (κ1) is 12.1. The summed E-state index contributed by atoms with van der Waals surface area (Å²) in [4.78, 5) is 19.0. The van der Waals surface area contributed by atoms with Crippen molar-refractivity contribution in [2.24, 2.45) is 0 Å². The van der Waals surface area contributed by atoms with Crippen molar-refractivity contribution in [2.45, 2.75) is 0 Å². The van der Waals surface area contributed by atoms with E-state index in [1.54, 1.807) is 30.3 Å². The van der Waals surface area contributed by atoms with Crippen LogP contribution in [0, 0.1) is 18.2 Å². The number of fused-ring (bicyclic) bond motifs is 1. The second-order valence-electron chi connectivity index (χ2n) is 4.24. The van der Waals surface area contributed by atoms with Gasteiger partial charge in [-0.3, -0.25) is 4.79 Å². The Morgan fingerprint density at radius 2 is 1.95 bits per heavy atom. The van der Waals surface area contributed by atoms with Crippen LogP contribution in [-0.2, 0) is 0 Å². The first-order chi connectivity index (χ1) is 9.70. The number of nitrogens with zero attached hydrogens (tertiary/aromatic N) is 1. The zero-order valence-corrected chi connectivity index (χ0v) is 10.4. The summed E-state index contributed by atoms with van der Waals surface area (Å²) in [7, 11) is 0. The maximum absolute atomic E-state index is 13.7. The Morgan fingerprint density at radius 1 is 1.15 bits per heavy atom. The Balaban J connectivity index is 2.34. The van der Waals surface area contributed by atoms with Gasteiger partial charge in [0.2, 0.25) is 0 Å². The van der Waals surface area contributed by atoms with Crippen molar-refractivity contribution in [3.05, 3.63) is 64.2 Å². The van der Waals surface area contributed by atoms with Crippen molar-refractivity contribution in [3.8, 4) is 23.7 Å². The van der Waals surface area contributed by atoms with Crippen LogP contribution >= 0.6 is 0 Å². The number of aromatic amines is 1. The molecule has 0 saturated heterocycles. The Labute approximate surface area is 114 Å². The van der Waals surface area contributed by atoms with Crippen LogP contribution in [0.25, 0.3) is 22.3 Å². The van der Waals surface area contributed by atoms with E-state index in [1.807, 2.05) is 0 Å². The van der Waals surface area contributed by atoms with E-state index in [0.29, 0.717) is 16.5 Å². The third kappa shape index (κ3) is 1.86. The summed E-state index contributed by atoms with van der Waals surface area (Å²) in [6.45, 7) is 0. The smallest absolute Gasteiger partial charge is 0.259 e. The maximum atomic E-state index is 13.7. The van der Waals surface area contributed by atoms with Crippen molar-refractivity contribution in [1.29, 1.82) is 0 Å². The van der Waals surface area contributed by atoms with Crippen molar-refractivity contribution in [1.82, 2.24) is 9.97 Å². The van der Waals surface area contributed by atoms with Crippen LogP contribution in [0.15, 0.2) is 47.3 Å². The summed E-state index contributed by atoms with van der Waals surface area (Å²) >= 11 is 0. The summed E-state index contributed by atoms with van der Waals surface area (Å²) in [5, 5.41) is 0.481. The molecule has 1 N–H and O–H groups in total. The second kappa shape index (κ2) is 4.63. The van der Waals surface area contributed by atoms with Crippen molar-refractivity contribution in [3.63, 3.8) is 0 Å². The van der Waals surface area contributed by atoms with Gasteiger partial charge >= 0.3 is 0 Å². The molecule has 0 radical (unpaired) electrons. The van der Waals surface area contributed by atoms with E-state index in [-0.39, 0.29) is 16.9 Å². The fourth-order valence-electron chi connectivity index (χ4n) is 2.08. The number of para-hydroxylation sites is 1. The van der Waals surface area contributed by atoms with Gasteiger partial charge in [-0.15, -0.1) is 6.42 Å². The number of terminal acetylenes is 1. The summed E-state index contributed by atoms with van der Waals surface area (Å²) in [5.74, 6) is 2.04. The number of benzene rings is 2. The molecule has 0 aliphatic rings. The molecular formula is C16H9FN2O. The van der Waals surface area contributed by atoms with Crippen LogP contribution in [0.4, 0.5) is 4.39 Å². The lowest BCUT2D eigenvalue weighted by molar-refractivity contribution is 0.625. The van der Waals surface area contributed by atoms with Crippen LogP contribution in [0.1, 0.15) is 5.56 Å². The molecule has 2 aromatic carbocycles. The highest BCUT2D eigenvalue weighted by atomic mass is 19.1. The lowest BCUT2D eigenvalue weighted by atomic mass is 10.1. The van der Waals surface area contributed by atoms with Crippen LogP contribution < -0.4 is 5.56 Å². The molecule has 20 heavy (non-hydrogen) atoms. The van der Waals surface area contributed by atoms with Gasteiger partial charge in [-0.1, -0.05) is 24.1 Å². The molecule has 0 amide bonds. The number of aromatic nitrogens is 2. The molecule has 0 aliphatic carbocycles. The van der Waals surface area contributed by atoms with Gasteiger partial charge in [0.25, 0.3) is 5.56 Å². The Kier molecular flexibility index (Phi) is 2.81. The zero-order valence-electron chi connectivity index (χ0n) is 10.4. The number of nitrogens with one attached hydrogen (secondary N) is 1. The Hall–Kier alpha value is -2.93. The second-order valence-corrected chi connectivity index (χ2v) is 4.24. The summed E-state index contributed by atoms with van der Waals surface area (Å²) in [5.41, 5.74) is 0.748. The van der Waals surface area contributed by atoms with Gasteiger partial charge in [-0.25, -0.2) is 9.37 Å². The molecule has 0 aliphatic heterocycles. The fourth-order valence-corrected chi connectivity index (χ4v) is 2.08. The highest BCUT2D eigenvalue weighted by Crippen LogP contribution is 2.22. The number of hydrogen-bond donors (Lipinski definition) is 1. The quantitative estimate of drug-likeness (QED) is 0.687. The monoisotopic (exact) mass is 264 g/mol. The number of rotatable bonds is 1. The summed E-state index contributed by atoms with van der Waals surface area (Å²) < 4.78 is 13.7. The van der Waals surface area contributed by atoms with E-state index in [9.17, 15) is 9.18 Å². The third-order valence-corrected chi connectivity index (χ3v) is 3.03. The predicted molar refractivity (Wildman–Crippen MR) is 75.7 cm³/mol. The predicted octanol–water partition coefficient (Wildman–Crippen LogP) is 2.71. The van der Waals surface area contributed by atoms with E-state index in [0.717, 1.165) is 0 Å². The molecule has 1 aromatic heterocycles. The van der Waals surface area contributed by atoms with Crippen LogP contribution in [0.2, 0.25) is 0 Å². The molecule has 3 rings (SSSR count). The van der Waals surface area contributed by atoms with Crippen LogP contribution in [0.3, 0.4) is 0 Å². The number of H-pyrrole nitrogens is 1. The van der Waals surface area contributed by atoms with Crippen LogP contribution in [0.5, 0.6) is 0 Å². The molecule has 0 unspecified atom stereocenters. The molecule has 4 heteroatoms. The third-order valence-electron chi connectivity index (χ3n) is 3.03. The molecule has 3 aromatic rings. The van der Waals surface area contributed by atoms with Gasteiger partial charge < -0.3 is 4.98 Å². The number of halogens is 1. The molecule has 3 nitrogen and oxygen atoms in total. The summed E-state index contributed by atoms with van der Waals surface area (Å²) in [6, 6.07) is 11.4. The van der Waals surface area contributed by atoms with E-state index in [4.69, 9.17) is 6.42 Å². The maximum Gasteiger partial charge on any atom is 0.259 e. The van der Waals surface area contributed by atoms with Gasteiger partial charge in [0.1, 0.15) is 11.6 Å². The van der Waals surface area contributed by atoms with Gasteiger partial charge in [-0.2, -0.15) is 0 Å². The molecule has 0 spiro atoms. The molecule has 0 fully saturated rings. The molecule has 0 atom stereocenters. The first-order valence-corrected chi connectivity index (χ1v) is 5.95. The minimum Gasteiger partial charge on any atom is -0.306 e. The number of hydrogen-bond acceptors (Lipinski definition) is 2. The van der Waals surface area contributed by atoms with Gasteiger partial charge in [0, 0.05) is 5.56 Å². The highest BCUT2D eigenvalue weighted by molar-refractivity contribution is 5.80. The normalized spacial score (nSPS) is 10.4. The molecule has 1 heterocycles. The fraction of sp³-hybridized carbons (Fsp3) is 0. The first-order valence-electron chi connectivity index (χ1n) is 5.95. The largest absolute Gasteiger partial charge is 0.306 e. The van der Waals surface area contributed by atoms with Gasteiger partial charge in [0.15, 0.2) is 0 Å². The van der Waals surface area contributed by atoms with E-state index < -0.39 is 5.82 Å². The SMILES string of the molecule is C#Cc1c(F)cccc1-c1nc2ccccc2c(=O)[nH]1. The highest BCUT2D eigenvalue weighted by Gasteiger charge is 2.11. The van der Waals surface area contributed by atoms with Gasteiger partial charge in [0.05, 0.1) is 16.5 Å². The Morgan fingerprint density at radius 3 is 2.75 bits per heavy atom. The molecule has 0 saturated carbocycles. The average molecular weight is 264 g/mol. The van der Waals surface area contributed by atoms with Crippen molar-refractivity contribution in [2.75, 3.05) is 0 Å². The lowest BCUT2D eigenvalue weighted by Gasteiger charge is -2.06. The van der Waals surface area contributed by atoms with E-state index >= 15 is 0 Å². The lowest BCUT2D eigenvalue weighted by Crippen LogP contribution is -2.10. The minimum atomic E-state index is -0.513. The topological polar surface area (TPSA) is 45.8 Å².